The molecule has 0 amide bonds. The fourth-order valence-corrected chi connectivity index (χ4v) is 1.42. The minimum atomic E-state index is 0.506. The van der Waals surface area contributed by atoms with Crippen LogP contribution in [0.3, 0.4) is 0 Å². The molecule has 1 heterocycles. The second-order valence-electron chi connectivity index (χ2n) is 3.10. The van der Waals surface area contributed by atoms with Gasteiger partial charge in [-0.25, -0.2) is 0 Å². The van der Waals surface area contributed by atoms with Gasteiger partial charge in [-0.3, -0.25) is 4.68 Å². The molecule has 0 radical (unpaired) electrons. The molecule has 12 heavy (non-hydrogen) atoms. The summed E-state index contributed by atoms with van der Waals surface area (Å²) in [7, 11) is 1.95. The van der Waals surface area contributed by atoms with E-state index in [4.69, 9.17) is 0 Å². The van der Waals surface area contributed by atoms with E-state index in [0.717, 1.165) is 11.0 Å². The van der Waals surface area contributed by atoms with Crippen molar-refractivity contribution in [3.63, 3.8) is 0 Å². The maximum atomic E-state index is 4.12. The highest BCUT2D eigenvalue weighted by atomic mass is 79.9. The van der Waals surface area contributed by atoms with Crippen molar-refractivity contribution in [2.24, 2.45) is 7.05 Å². The fourth-order valence-electron chi connectivity index (χ4n) is 0.936. The molecule has 0 aliphatic carbocycles. The quantitative estimate of drug-likeness (QED) is 0.859. The normalized spacial score (nSPS) is 11.1. The summed E-state index contributed by atoms with van der Waals surface area (Å²) in [6.07, 6.45) is 1.82. The number of aromatic nitrogens is 2. The summed E-state index contributed by atoms with van der Waals surface area (Å²) < 4.78 is 2.94. The standard InChI is InChI=1S/C8H14BrN3/c1-6(2)10-5-8-7(9)4-11-12(8)3/h4,6,10H,5H2,1-3H3. The molecule has 0 unspecified atom stereocenters. The maximum Gasteiger partial charge on any atom is 0.0660 e. The van der Waals surface area contributed by atoms with Crippen molar-refractivity contribution < 1.29 is 0 Å². The van der Waals surface area contributed by atoms with E-state index >= 15 is 0 Å². The topological polar surface area (TPSA) is 29.9 Å². The Bertz CT molecular complexity index is 235. The zero-order chi connectivity index (χ0) is 9.14. The van der Waals surface area contributed by atoms with Gasteiger partial charge >= 0.3 is 0 Å². The molecule has 0 fully saturated rings. The number of aryl methyl sites for hydroxylation is 1. The first-order chi connectivity index (χ1) is 5.61. The first-order valence-electron chi connectivity index (χ1n) is 4.01. The second-order valence-corrected chi connectivity index (χ2v) is 3.95. The average Bonchev–Trinajstić information content (AvgIpc) is 2.28. The molecular formula is C8H14BrN3. The molecule has 0 aliphatic heterocycles. The Labute approximate surface area is 81.3 Å². The van der Waals surface area contributed by atoms with E-state index in [1.54, 1.807) is 0 Å². The van der Waals surface area contributed by atoms with Crippen molar-refractivity contribution in [3.05, 3.63) is 16.4 Å². The van der Waals surface area contributed by atoms with Gasteiger partial charge in [0.25, 0.3) is 0 Å². The highest BCUT2D eigenvalue weighted by Crippen LogP contribution is 2.14. The molecule has 0 spiro atoms. The predicted octanol–water partition coefficient (Wildman–Crippen LogP) is 1.68. The van der Waals surface area contributed by atoms with Crippen molar-refractivity contribution in [1.82, 2.24) is 15.1 Å². The van der Waals surface area contributed by atoms with E-state index in [9.17, 15) is 0 Å². The van der Waals surface area contributed by atoms with Gasteiger partial charge < -0.3 is 5.32 Å². The van der Waals surface area contributed by atoms with Gasteiger partial charge in [-0.05, 0) is 15.9 Å². The van der Waals surface area contributed by atoms with Gasteiger partial charge in [0.1, 0.15) is 0 Å². The van der Waals surface area contributed by atoms with Gasteiger partial charge in [0.2, 0.25) is 0 Å². The van der Waals surface area contributed by atoms with Crippen LogP contribution in [-0.2, 0) is 13.6 Å². The van der Waals surface area contributed by atoms with Crippen molar-refractivity contribution in [2.75, 3.05) is 0 Å². The number of rotatable bonds is 3. The van der Waals surface area contributed by atoms with Gasteiger partial charge in [-0.2, -0.15) is 5.10 Å². The van der Waals surface area contributed by atoms with Gasteiger partial charge in [-0.15, -0.1) is 0 Å². The lowest BCUT2D eigenvalue weighted by atomic mass is 10.3. The number of nitrogens with zero attached hydrogens (tertiary/aromatic N) is 2. The number of hydrogen-bond donors (Lipinski definition) is 1. The molecule has 1 rings (SSSR count). The number of hydrogen-bond acceptors (Lipinski definition) is 2. The van der Waals surface area contributed by atoms with E-state index in [1.807, 2.05) is 17.9 Å². The van der Waals surface area contributed by atoms with Crippen LogP contribution in [0.4, 0.5) is 0 Å². The van der Waals surface area contributed by atoms with Crippen LogP contribution in [0.25, 0.3) is 0 Å². The van der Waals surface area contributed by atoms with E-state index in [0.29, 0.717) is 6.04 Å². The average molecular weight is 232 g/mol. The lowest BCUT2D eigenvalue weighted by Gasteiger charge is -2.08. The summed E-state index contributed by atoms with van der Waals surface area (Å²) in [5.41, 5.74) is 1.18. The van der Waals surface area contributed by atoms with Crippen LogP contribution in [0.15, 0.2) is 10.7 Å². The molecule has 0 aromatic carbocycles. The maximum absolute atomic E-state index is 4.12. The Morgan fingerprint density at radius 2 is 2.33 bits per heavy atom. The van der Waals surface area contributed by atoms with Crippen molar-refractivity contribution >= 4 is 15.9 Å². The summed E-state index contributed by atoms with van der Waals surface area (Å²) in [6.45, 7) is 5.11. The highest BCUT2D eigenvalue weighted by Gasteiger charge is 2.05. The molecule has 1 aromatic heterocycles. The third-order valence-corrected chi connectivity index (χ3v) is 2.35. The van der Waals surface area contributed by atoms with E-state index < -0.39 is 0 Å². The minimum absolute atomic E-state index is 0.506. The summed E-state index contributed by atoms with van der Waals surface area (Å²) in [6, 6.07) is 0.506. The number of halogens is 1. The van der Waals surface area contributed by atoms with Crippen molar-refractivity contribution in [3.8, 4) is 0 Å². The molecule has 1 aromatic rings. The first kappa shape index (κ1) is 9.74. The Morgan fingerprint density at radius 3 is 2.75 bits per heavy atom. The first-order valence-corrected chi connectivity index (χ1v) is 4.80. The number of nitrogens with one attached hydrogen (secondary N) is 1. The Morgan fingerprint density at radius 1 is 1.67 bits per heavy atom. The monoisotopic (exact) mass is 231 g/mol. The van der Waals surface area contributed by atoms with Crippen LogP contribution in [0, 0.1) is 0 Å². The fraction of sp³-hybridized carbons (Fsp3) is 0.625. The zero-order valence-electron chi connectivity index (χ0n) is 7.63. The largest absolute Gasteiger partial charge is 0.309 e. The third-order valence-electron chi connectivity index (χ3n) is 1.69. The van der Waals surface area contributed by atoms with Crippen LogP contribution in [0.1, 0.15) is 19.5 Å². The molecular weight excluding hydrogens is 218 g/mol. The SMILES string of the molecule is CC(C)NCc1c(Br)cnn1C. The smallest absolute Gasteiger partial charge is 0.0660 e. The van der Waals surface area contributed by atoms with Crippen LogP contribution >= 0.6 is 15.9 Å². The molecule has 0 saturated heterocycles. The highest BCUT2D eigenvalue weighted by molar-refractivity contribution is 9.10. The molecule has 0 bridgehead atoms. The van der Waals surface area contributed by atoms with Crippen LogP contribution in [0.2, 0.25) is 0 Å². The summed E-state index contributed by atoms with van der Waals surface area (Å²) in [4.78, 5) is 0. The molecule has 0 atom stereocenters. The Hall–Kier alpha value is -0.350. The lowest BCUT2D eigenvalue weighted by molar-refractivity contribution is 0.558. The van der Waals surface area contributed by atoms with Gasteiger partial charge in [0.15, 0.2) is 0 Å². The summed E-state index contributed by atoms with van der Waals surface area (Å²) >= 11 is 3.44. The summed E-state index contributed by atoms with van der Waals surface area (Å²) in [5, 5.41) is 7.46. The predicted molar refractivity (Wildman–Crippen MR) is 52.9 cm³/mol. The van der Waals surface area contributed by atoms with Crippen molar-refractivity contribution in [2.45, 2.75) is 26.4 Å². The summed E-state index contributed by atoms with van der Waals surface area (Å²) in [5.74, 6) is 0. The molecule has 4 heteroatoms. The van der Waals surface area contributed by atoms with Gasteiger partial charge in [-0.1, -0.05) is 13.8 Å². The molecule has 0 saturated carbocycles. The molecule has 1 N–H and O–H groups in total. The Balaban J connectivity index is 2.62. The van der Waals surface area contributed by atoms with E-state index in [2.05, 4.69) is 40.2 Å². The lowest BCUT2D eigenvalue weighted by Crippen LogP contribution is -2.23. The zero-order valence-corrected chi connectivity index (χ0v) is 9.22. The van der Waals surface area contributed by atoms with E-state index in [-0.39, 0.29) is 0 Å². The van der Waals surface area contributed by atoms with Crippen LogP contribution in [-0.4, -0.2) is 15.8 Å². The van der Waals surface area contributed by atoms with Crippen LogP contribution in [0.5, 0.6) is 0 Å². The second kappa shape index (κ2) is 4.05. The van der Waals surface area contributed by atoms with Gasteiger partial charge in [0, 0.05) is 19.6 Å². The van der Waals surface area contributed by atoms with E-state index in [1.165, 1.54) is 5.69 Å². The molecule has 3 nitrogen and oxygen atoms in total. The molecule has 68 valence electrons. The minimum Gasteiger partial charge on any atom is -0.309 e. The molecule has 0 aliphatic rings. The van der Waals surface area contributed by atoms with Crippen LogP contribution < -0.4 is 5.32 Å². The van der Waals surface area contributed by atoms with Gasteiger partial charge in [0.05, 0.1) is 16.4 Å². The Kier molecular flexibility index (Phi) is 3.29. The van der Waals surface area contributed by atoms with Crippen molar-refractivity contribution in [1.29, 1.82) is 0 Å². The third kappa shape index (κ3) is 2.32.